The molecule has 2 fully saturated rings. The summed E-state index contributed by atoms with van der Waals surface area (Å²) >= 11 is 0. The number of hydrogen-bond donors (Lipinski definition) is 1. The van der Waals surface area contributed by atoms with Gasteiger partial charge in [0.1, 0.15) is 0 Å². The van der Waals surface area contributed by atoms with Crippen molar-refractivity contribution in [1.29, 1.82) is 0 Å². The van der Waals surface area contributed by atoms with Gasteiger partial charge in [-0.05, 0) is 43.9 Å². The van der Waals surface area contributed by atoms with E-state index < -0.39 is 0 Å². The quantitative estimate of drug-likeness (QED) is 0.444. The highest BCUT2D eigenvalue weighted by atomic mass is 16.5. The number of nitrogens with one attached hydrogen (secondary N) is 1. The molecule has 0 bridgehead atoms. The molecule has 1 N–H and O–H groups in total. The van der Waals surface area contributed by atoms with Crippen LogP contribution in [0.15, 0.2) is 4.99 Å². The summed E-state index contributed by atoms with van der Waals surface area (Å²) in [5.74, 6) is 1.76. The molecular formula is C18H35N3O2. The van der Waals surface area contributed by atoms with Crippen molar-refractivity contribution in [1.82, 2.24) is 10.2 Å². The number of ether oxygens (including phenoxy) is 2. The van der Waals surface area contributed by atoms with Crippen molar-refractivity contribution in [2.45, 2.75) is 46.5 Å². The fourth-order valence-corrected chi connectivity index (χ4v) is 3.23. The number of nitrogens with zero attached hydrogens (tertiary/aromatic N) is 2. The van der Waals surface area contributed by atoms with Gasteiger partial charge in [-0.15, -0.1) is 0 Å². The van der Waals surface area contributed by atoms with Gasteiger partial charge in [0.2, 0.25) is 0 Å². The van der Waals surface area contributed by atoms with E-state index in [1.165, 1.54) is 6.42 Å². The van der Waals surface area contributed by atoms with Gasteiger partial charge in [0.25, 0.3) is 0 Å². The zero-order chi connectivity index (χ0) is 16.5. The van der Waals surface area contributed by atoms with Crippen molar-refractivity contribution in [3.63, 3.8) is 0 Å². The first-order valence-electron chi connectivity index (χ1n) is 9.29. The van der Waals surface area contributed by atoms with Crippen LogP contribution in [0.3, 0.4) is 0 Å². The van der Waals surface area contributed by atoms with Crippen molar-refractivity contribution in [2.75, 3.05) is 52.6 Å². The standard InChI is InChI=1S/C18H35N3O2/c1-4-19-17(21-10-8-18(2,3)15-21)20-9-5-11-23-14-16-6-12-22-13-7-16/h16H,4-15H2,1-3H3,(H,19,20). The van der Waals surface area contributed by atoms with Crippen molar-refractivity contribution in [3.8, 4) is 0 Å². The SMILES string of the molecule is CCNC(=NCCCOCC1CCOCC1)N1CCC(C)(C)C1. The third-order valence-corrected chi connectivity index (χ3v) is 4.71. The van der Waals surface area contributed by atoms with Crippen LogP contribution in [-0.4, -0.2) is 63.5 Å². The largest absolute Gasteiger partial charge is 0.381 e. The molecule has 2 heterocycles. The van der Waals surface area contributed by atoms with Crippen LogP contribution in [0.25, 0.3) is 0 Å². The molecule has 0 amide bonds. The maximum absolute atomic E-state index is 5.81. The number of hydrogen-bond acceptors (Lipinski definition) is 3. The molecule has 0 radical (unpaired) electrons. The predicted octanol–water partition coefficient (Wildman–Crippen LogP) is 2.52. The minimum atomic E-state index is 0.406. The van der Waals surface area contributed by atoms with Gasteiger partial charge < -0.3 is 19.7 Å². The summed E-state index contributed by atoms with van der Waals surface area (Å²) < 4.78 is 11.2. The minimum absolute atomic E-state index is 0.406. The van der Waals surface area contributed by atoms with Gasteiger partial charge in [-0.3, -0.25) is 4.99 Å². The molecule has 0 aromatic carbocycles. The lowest BCUT2D eigenvalue weighted by molar-refractivity contribution is 0.0205. The van der Waals surface area contributed by atoms with Gasteiger partial charge in [0.15, 0.2) is 5.96 Å². The first-order valence-corrected chi connectivity index (χ1v) is 9.29. The second-order valence-electron chi connectivity index (χ2n) is 7.56. The van der Waals surface area contributed by atoms with E-state index in [0.717, 1.165) is 77.8 Å². The Balaban J connectivity index is 1.63. The number of likely N-dealkylation sites (tertiary alicyclic amines) is 1. The Labute approximate surface area is 141 Å². The molecule has 0 unspecified atom stereocenters. The van der Waals surface area contributed by atoms with E-state index in [-0.39, 0.29) is 0 Å². The highest BCUT2D eigenvalue weighted by molar-refractivity contribution is 5.80. The molecule has 0 saturated carbocycles. The molecule has 0 spiro atoms. The zero-order valence-electron chi connectivity index (χ0n) is 15.3. The summed E-state index contributed by atoms with van der Waals surface area (Å²) in [7, 11) is 0. The first-order chi connectivity index (χ1) is 11.1. The lowest BCUT2D eigenvalue weighted by atomic mass is 9.93. The molecule has 5 nitrogen and oxygen atoms in total. The lowest BCUT2D eigenvalue weighted by Gasteiger charge is -2.23. The first kappa shape index (κ1) is 18.5. The van der Waals surface area contributed by atoms with Crippen molar-refractivity contribution >= 4 is 5.96 Å². The minimum Gasteiger partial charge on any atom is -0.381 e. The summed E-state index contributed by atoms with van der Waals surface area (Å²) in [5.41, 5.74) is 0.406. The number of guanidine groups is 1. The monoisotopic (exact) mass is 325 g/mol. The van der Waals surface area contributed by atoms with Crippen LogP contribution < -0.4 is 5.32 Å². The number of aliphatic imine (C=N–C) groups is 1. The third-order valence-electron chi connectivity index (χ3n) is 4.71. The Bertz CT molecular complexity index is 365. The van der Waals surface area contributed by atoms with E-state index in [0.29, 0.717) is 11.3 Å². The molecule has 23 heavy (non-hydrogen) atoms. The van der Waals surface area contributed by atoms with Gasteiger partial charge in [-0.25, -0.2) is 0 Å². The Hall–Kier alpha value is -0.810. The van der Waals surface area contributed by atoms with Crippen LogP contribution in [-0.2, 0) is 9.47 Å². The third kappa shape index (κ3) is 6.68. The van der Waals surface area contributed by atoms with E-state index in [9.17, 15) is 0 Å². The van der Waals surface area contributed by atoms with Crippen LogP contribution in [0, 0.1) is 11.3 Å². The molecule has 0 aromatic heterocycles. The molecule has 0 atom stereocenters. The van der Waals surface area contributed by atoms with Crippen molar-refractivity contribution in [3.05, 3.63) is 0 Å². The van der Waals surface area contributed by atoms with Crippen LogP contribution in [0.2, 0.25) is 0 Å². The van der Waals surface area contributed by atoms with E-state index in [1.807, 2.05) is 0 Å². The summed E-state index contributed by atoms with van der Waals surface area (Å²) in [6, 6.07) is 0. The Morgan fingerprint density at radius 3 is 2.78 bits per heavy atom. The lowest BCUT2D eigenvalue weighted by Crippen LogP contribution is -2.40. The molecular weight excluding hydrogens is 290 g/mol. The molecule has 2 rings (SSSR count). The highest BCUT2D eigenvalue weighted by Crippen LogP contribution is 2.28. The van der Waals surface area contributed by atoms with Gasteiger partial charge in [-0.1, -0.05) is 13.8 Å². The average molecular weight is 325 g/mol. The maximum Gasteiger partial charge on any atom is 0.193 e. The van der Waals surface area contributed by atoms with Crippen LogP contribution >= 0.6 is 0 Å². The zero-order valence-corrected chi connectivity index (χ0v) is 15.3. The van der Waals surface area contributed by atoms with E-state index in [2.05, 4.69) is 31.0 Å². The van der Waals surface area contributed by atoms with Gasteiger partial charge in [0.05, 0.1) is 0 Å². The molecule has 2 aliphatic rings. The van der Waals surface area contributed by atoms with Gasteiger partial charge in [-0.2, -0.15) is 0 Å². The van der Waals surface area contributed by atoms with Crippen molar-refractivity contribution in [2.24, 2.45) is 16.3 Å². The molecule has 2 saturated heterocycles. The summed E-state index contributed by atoms with van der Waals surface area (Å²) in [6.07, 6.45) is 4.53. The van der Waals surface area contributed by atoms with Crippen LogP contribution in [0.1, 0.15) is 46.5 Å². The smallest absolute Gasteiger partial charge is 0.193 e. The normalized spacial score (nSPS) is 22.6. The Morgan fingerprint density at radius 2 is 2.13 bits per heavy atom. The van der Waals surface area contributed by atoms with Crippen LogP contribution in [0.4, 0.5) is 0 Å². The van der Waals surface area contributed by atoms with Gasteiger partial charge >= 0.3 is 0 Å². The predicted molar refractivity (Wildman–Crippen MR) is 94.9 cm³/mol. The van der Waals surface area contributed by atoms with Crippen molar-refractivity contribution < 1.29 is 9.47 Å². The van der Waals surface area contributed by atoms with E-state index in [1.54, 1.807) is 0 Å². The molecule has 0 aromatic rings. The van der Waals surface area contributed by atoms with E-state index >= 15 is 0 Å². The molecule has 2 aliphatic heterocycles. The number of rotatable bonds is 7. The van der Waals surface area contributed by atoms with Gasteiger partial charge in [0, 0.05) is 52.6 Å². The maximum atomic E-state index is 5.81. The Kier molecular flexibility index (Phi) is 7.63. The fraction of sp³-hybridized carbons (Fsp3) is 0.944. The second kappa shape index (κ2) is 9.48. The summed E-state index contributed by atoms with van der Waals surface area (Å²) in [6.45, 7) is 14.3. The highest BCUT2D eigenvalue weighted by Gasteiger charge is 2.30. The molecule has 134 valence electrons. The summed E-state index contributed by atoms with van der Waals surface area (Å²) in [5, 5.41) is 3.43. The summed E-state index contributed by atoms with van der Waals surface area (Å²) in [4.78, 5) is 7.17. The van der Waals surface area contributed by atoms with E-state index in [4.69, 9.17) is 14.5 Å². The fourth-order valence-electron chi connectivity index (χ4n) is 3.23. The molecule has 0 aliphatic carbocycles. The molecule has 5 heteroatoms. The topological polar surface area (TPSA) is 46.1 Å². The second-order valence-corrected chi connectivity index (χ2v) is 7.56. The Morgan fingerprint density at radius 1 is 1.35 bits per heavy atom. The average Bonchev–Trinajstić information content (AvgIpc) is 2.90. The van der Waals surface area contributed by atoms with Crippen LogP contribution in [0.5, 0.6) is 0 Å².